The molecule has 2 unspecified atom stereocenters. The van der Waals surface area contributed by atoms with Gasteiger partial charge in [-0.25, -0.2) is 0 Å². The number of hydrogen-bond acceptors (Lipinski definition) is 0. The van der Waals surface area contributed by atoms with Gasteiger partial charge in [0.25, 0.3) is 0 Å². The summed E-state index contributed by atoms with van der Waals surface area (Å²) in [5.41, 5.74) is 3.37. The van der Waals surface area contributed by atoms with Gasteiger partial charge in [0, 0.05) is 0 Å². The van der Waals surface area contributed by atoms with Gasteiger partial charge < -0.3 is 0 Å². The minimum atomic E-state index is 0.900. The van der Waals surface area contributed by atoms with E-state index in [-0.39, 0.29) is 0 Å². The van der Waals surface area contributed by atoms with E-state index < -0.39 is 0 Å². The van der Waals surface area contributed by atoms with Crippen molar-refractivity contribution in [3.63, 3.8) is 0 Å². The van der Waals surface area contributed by atoms with Gasteiger partial charge in [-0.2, -0.15) is 0 Å². The van der Waals surface area contributed by atoms with Crippen molar-refractivity contribution in [2.75, 3.05) is 0 Å². The lowest BCUT2D eigenvalue weighted by atomic mass is 9.79. The van der Waals surface area contributed by atoms with Crippen LogP contribution in [0.15, 0.2) is 23.3 Å². The summed E-state index contributed by atoms with van der Waals surface area (Å²) in [7, 11) is 0. The third-order valence-electron chi connectivity index (χ3n) is 3.22. The Morgan fingerprint density at radius 2 is 1.91 bits per heavy atom. The smallest absolute Gasteiger partial charge is 0.0130 e. The van der Waals surface area contributed by atoms with Crippen LogP contribution in [0.5, 0.6) is 0 Å². The van der Waals surface area contributed by atoms with E-state index in [0.29, 0.717) is 0 Å². The van der Waals surface area contributed by atoms with Gasteiger partial charge in [-0.15, -0.1) is 0 Å². The Labute approximate surface area is 69.0 Å². The minimum Gasteiger partial charge on any atom is -0.0802 e. The first-order valence-corrected chi connectivity index (χ1v) is 4.65. The Hall–Kier alpha value is -0.520. The van der Waals surface area contributed by atoms with Crippen molar-refractivity contribution >= 4 is 0 Å². The molecule has 0 amide bonds. The van der Waals surface area contributed by atoms with Crippen LogP contribution in [0.25, 0.3) is 0 Å². The molecule has 0 N–H and O–H groups in total. The van der Waals surface area contributed by atoms with Gasteiger partial charge in [-0.1, -0.05) is 31.6 Å². The van der Waals surface area contributed by atoms with Crippen molar-refractivity contribution in [2.45, 2.75) is 33.1 Å². The van der Waals surface area contributed by atoms with Crippen molar-refractivity contribution < 1.29 is 0 Å². The predicted octanol–water partition coefficient (Wildman–Crippen LogP) is 3.31. The van der Waals surface area contributed by atoms with Crippen LogP contribution in [-0.4, -0.2) is 0 Å². The summed E-state index contributed by atoms with van der Waals surface area (Å²) < 4.78 is 0. The van der Waals surface area contributed by atoms with E-state index in [1.807, 2.05) is 0 Å². The zero-order chi connectivity index (χ0) is 7.84. The molecule has 2 aliphatic rings. The van der Waals surface area contributed by atoms with Crippen LogP contribution in [0.3, 0.4) is 0 Å². The van der Waals surface area contributed by atoms with Gasteiger partial charge in [0.15, 0.2) is 0 Å². The quantitative estimate of drug-likeness (QED) is 0.494. The van der Waals surface area contributed by atoms with E-state index in [0.717, 1.165) is 11.8 Å². The molecular formula is C11H16. The van der Waals surface area contributed by atoms with E-state index >= 15 is 0 Å². The molecule has 0 spiro atoms. The number of hydrogen-bond donors (Lipinski definition) is 0. The number of rotatable bonds is 0. The van der Waals surface area contributed by atoms with Crippen LogP contribution >= 0.6 is 0 Å². The molecule has 0 aromatic carbocycles. The third-order valence-corrected chi connectivity index (χ3v) is 3.22. The molecule has 2 atom stereocenters. The molecule has 0 heterocycles. The summed E-state index contributed by atoms with van der Waals surface area (Å²) in [4.78, 5) is 0. The largest absolute Gasteiger partial charge is 0.0802 e. The Balaban J connectivity index is 2.20. The highest BCUT2D eigenvalue weighted by molar-refractivity contribution is 5.36. The van der Waals surface area contributed by atoms with Crippen molar-refractivity contribution in [2.24, 2.45) is 11.8 Å². The molecule has 0 aromatic heterocycles. The Morgan fingerprint density at radius 3 is 2.73 bits per heavy atom. The maximum absolute atomic E-state index is 2.38. The highest BCUT2D eigenvalue weighted by Gasteiger charge is 2.23. The Bertz CT molecular complexity index is 220. The molecule has 2 rings (SSSR count). The van der Waals surface area contributed by atoms with Gasteiger partial charge in [0.05, 0.1) is 0 Å². The second-order valence-corrected chi connectivity index (χ2v) is 4.10. The second kappa shape index (κ2) is 2.51. The van der Waals surface area contributed by atoms with Crippen molar-refractivity contribution in [1.29, 1.82) is 0 Å². The summed E-state index contributed by atoms with van der Waals surface area (Å²) in [6.07, 6.45) is 8.57. The summed E-state index contributed by atoms with van der Waals surface area (Å²) in [6.45, 7) is 4.76. The molecule has 11 heavy (non-hydrogen) atoms. The molecular weight excluding hydrogens is 132 g/mol. The Kier molecular flexibility index (Phi) is 1.63. The molecule has 0 aliphatic heterocycles. The van der Waals surface area contributed by atoms with Crippen molar-refractivity contribution in [3.8, 4) is 0 Å². The third kappa shape index (κ3) is 1.15. The first kappa shape index (κ1) is 7.15. The lowest BCUT2D eigenvalue weighted by molar-refractivity contribution is 0.362. The average Bonchev–Trinajstić information content (AvgIpc) is 2.36. The fourth-order valence-corrected chi connectivity index (χ4v) is 2.16. The second-order valence-electron chi connectivity index (χ2n) is 4.10. The first-order valence-electron chi connectivity index (χ1n) is 4.65. The fraction of sp³-hybridized carbons (Fsp3) is 0.636. The standard InChI is InChI=1S/C11H16/c1-8-6-10-4-3-5-11(10)7-9(8)2/h3-4,8-9H,5-7H2,1-2H3. The average molecular weight is 148 g/mol. The SMILES string of the molecule is CC1CC2=C(CC=C2)CC1C. The molecule has 0 fully saturated rings. The van der Waals surface area contributed by atoms with Gasteiger partial charge in [0.1, 0.15) is 0 Å². The van der Waals surface area contributed by atoms with E-state index in [1.165, 1.54) is 19.3 Å². The minimum absolute atomic E-state index is 0.900. The Morgan fingerprint density at radius 1 is 1.18 bits per heavy atom. The molecule has 0 nitrogen and oxygen atoms in total. The molecule has 0 radical (unpaired) electrons. The zero-order valence-corrected chi connectivity index (χ0v) is 7.43. The van der Waals surface area contributed by atoms with Crippen LogP contribution in [0.1, 0.15) is 33.1 Å². The molecule has 60 valence electrons. The summed E-state index contributed by atoms with van der Waals surface area (Å²) in [6, 6.07) is 0. The lowest BCUT2D eigenvalue weighted by Gasteiger charge is -2.27. The van der Waals surface area contributed by atoms with Gasteiger partial charge in [-0.05, 0) is 36.7 Å². The van der Waals surface area contributed by atoms with E-state index in [9.17, 15) is 0 Å². The molecule has 0 saturated carbocycles. The first-order chi connectivity index (χ1) is 5.27. The van der Waals surface area contributed by atoms with Crippen LogP contribution in [0, 0.1) is 11.8 Å². The van der Waals surface area contributed by atoms with Gasteiger partial charge >= 0.3 is 0 Å². The van der Waals surface area contributed by atoms with E-state index in [4.69, 9.17) is 0 Å². The highest BCUT2D eigenvalue weighted by Crippen LogP contribution is 2.38. The summed E-state index contributed by atoms with van der Waals surface area (Å²) in [5.74, 6) is 1.81. The monoisotopic (exact) mass is 148 g/mol. The summed E-state index contributed by atoms with van der Waals surface area (Å²) in [5, 5.41) is 0. The normalized spacial score (nSPS) is 36.2. The maximum Gasteiger partial charge on any atom is -0.0130 e. The molecule has 0 heteroatoms. The molecule has 0 aromatic rings. The van der Waals surface area contributed by atoms with Crippen LogP contribution < -0.4 is 0 Å². The van der Waals surface area contributed by atoms with Crippen molar-refractivity contribution in [3.05, 3.63) is 23.3 Å². The van der Waals surface area contributed by atoms with Crippen LogP contribution in [0.2, 0.25) is 0 Å². The fourth-order valence-electron chi connectivity index (χ4n) is 2.16. The van der Waals surface area contributed by atoms with Crippen LogP contribution in [0.4, 0.5) is 0 Å². The molecule has 0 bridgehead atoms. The van der Waals surface area contributed by atoms with Gasteiger partial charge in [0.2, 0.25) is 0 Å². The predicted molar refractivity (Wildman–Crippen MR) is 48.3 cm³/mol. The van der Waals surface area contributed by atoms with E-state index in [1.54, 1.807) is 11.1 Å². The highest BCUT2D eigenvalue weighted by atomic mass is 14.3. The van der Waals surface area contributed by atoms with Crippen LogP contribution in [-0.2, 0) is 0 Å². The number of allylic oxidation sites excluding steroid dienone is 4. The lowest BCUT2D eigenvalue weighted by Crippen LogP contribution is -2.14. The summed E-state index contributed by atoms with van der Waals surface area (Å²) >= 11 is 0. The molecule has 0 saturated heterocycles. The zero-order valence-electron chi connectivity index (χ0n) is 7.43. The van der Waals surface area contributed by atoms with Crippen molar-refractivity contribution in [1.82, 2.24) is 0 Å². The van der Waals surface area contributed by atoms with Gasteiger partial charge in [-0.3, -0.25) is 0 Å². The van der Waals surface area contributed by atoms with E-state index in [2.05, 4.69) is 26.0 Å². The molecule has 2 aliphatic carbocycles. The maximum atomic E-state index is 2.38. The topological polar surface area (TPSA) is 0 Å².